The maximum Gasteiger partial charge on any atom is 0.330 e. The van der Waals surface area contributed by atoms with Crippen LogP contribution in [0.25, 0.3) is 0 Å². The zero-order valence-corrected chi connectivity index (χ0v) is 8.13. The molecule has 70 valence electrons. The quantitative estimate of drug-likeness (QED) is 0.644. The highest BCUT2D eigenvalue weighted by Gasteiger charge is 2.00. The molecule has 1 atom stereocenters. The summed E-state index contributed by atoms with van der Waals surface area (Å²) in [6.45, 7) is 5.97. The van der Waals surface area contributed by atoms with Crippen LogP contribution in [0.2, 0.25) is 0 Å². The van der Waals surface area contributed by atoms with Crippen molar-refractivity contribution in [3.8, 4) is 0 Å². The van der Waals surface area contributed by atoms with E-state index >= 15 is 0 Å². The molecule has 0 radical (unpaired) electrons. The van der Waals surface area contributed by atoms with Gasteiger partial charge in [0.2, 0.25) is 0 Å². The lowest BCUT2D eigenvalue weighted by Crippen LogP contribution is -1.96. The molecule has 0 fully saturated rings. The number of hydrogen-bond donors (Lipinski definition) is 1. The largest absolute Gasteiger partial charge is 0.478 e. The second-order valence-electron chi connectivity index (χ2n) is 3.28. The highest BCUT2D eigenvalue weighted by atomic mass is 16.4. The number of hydrogen-bond acceptors (Lipinski definition) is 1. The van der Waals surface area contributed by atoms with Crippen molar-refractivity contribution in [2.45, 2.75) is 40.0 Å². The van der Waals surface area contributed by atoms with Crippen molar-refractivity contribution < 1.29 is 9.90 Å². The molecule has 2 heteroatoms. The van der Waals surface area contributed by atoms with Crippen LogP contribution in [0.15, 0.2) is 11.6 Å². The van der Waals surface area contributed by atoms with Crippen LogP contribution in [-0.2, 0) is 4.79 Å². The first-order valence-electron chi connectivity index (χ1n) is 4.48. The zero-order valence-electron chi connectivity index (χ0n) is 8.13. The fraction of sp³-hybridized carbons (Fsp3) is 0.700. The maximum absolute atomic E-state index is 10.4. The molecule has 0 aromatic rings. The van der Waals surface area contributed by atoms with E-state index in [1.807, 2.05) is 0 Å². The minimum absolute atomic E-state index is 0.457. The molecule has 1 N–H and O–H groups in total. The van der Waals surface area contributed by atoms with Gasteiger partial charge in [0.25, 0.3) is 0 Å². The molecule has 0 aromatic carbocycles. The topological polar surface area (TPSA) is 37.3 Å². The molecule has 0 aromatic heterocycles. The summed E-state index contributed by atoms with van der Waals surface area (Å²) >= 11 is 0. The van der Waals surface area contributed by atoms with E-state index in [9.17, 15) is 4.79 Å². The molecule has 0 aliphatic rings. The Kier molecular flexibility index (Phi) is 5.43. The van der Waals surface area contributed by atoms with E-state index in [-0.39, 0.29) is 0 Å². The van der Waals surface area contributed by atoms with Gasteiger partial charge < -0.3 is 5.11 Å². The Morgan fingerprint density at radius 3 is 2.58 bits per heavy atom. The van der Waals surface area contributed by atoms with Crippen LogP contribution in [0.4, 0.5) is 0 Å². The van der Waals surface area contributed by atoms with Crippen LogP contribution in [0, 0.1) is 5.92 Å². The molecule has 0 saturated heterocycles. The van der Waals surface area contributed by atoms with E-state index in [2.05, 4.69) is 13.8 Å². The molecule has 2 nitrogen and oxygen atoms in total. The van der Waals surface area contributed by atoms with E-state index in [1.54, 1.807) is 13.0 Å². The van der Waals surface area contributed by atoms with E-state index in [1.165, 1.54) is 6.42 Å². The van der Waals surface area contributed by atoms with Gasteiger partial charge in [0, 0.05) is 5.57 Å². The minimum Gasteiger partial charge on any atom is -0.478 e. The number of carboxylic acids is 1. The number of carboxylic acid groups (broad SMARTS) is 1. The van der Waals surface area contributed by atoms with Gasteiger partial charge in [-0.15, -0.1) is 0 Å². The predicted octanol–water partition coefficient (Wildman–Crippen LogP) is 2.84. The normalized spacial score (nSPS) is 14.4. The van der Waals surface area contributed by atoms with E-state index in [0.717, 1.165) is 12.8 Å². The Balaban J connectivity index is 3.67. The van der Waals surface area contributed by atoms with Crippen molar-refractivity contribution >= 4 is 5.97 Å². The lowest BCUT2D eigenvalue weighted by molar-refractivity contribution is -0.132. The number of carbonyl (C=O) groups is 1. The SMILES string of the molecule is CCC(C)CCC=C(C)C(=O)O. The van der Waals surface area contributed by atoms with Crippen LogP contribution in [0.3, 0.4) is 0 Å². The first-order valence-corrected chi connectivity index (χ1v) is 4.48. The van der Waals surface area contributed by atoms with Crippen molar-refractivity contribution in [1.29, 1.82) is 0 Å². The lowest BCUT2D eigenvalue weighted by atomic mass is 10.0. The van der Waals surface area contributed by atoms with Crippen molar-refractivity contribution in [2.24, 2.45) is 5.92 Å². The summed E-state index contributed by atoms with van der Waals surface area (Å²) < 4.78 is 0. The first kappa shape index (κ1) is 11.2. The smallest absolute Gasteiger partial charge is 0.330 e. The van der Waals surface area contributed by atoms with Crippen molar-refractivity contribution in [3.05, 3.63) is 11.6 Å². The van der Waals surface area contributed by atoms with Crippen LogP contribution in [0.1, 0.15) is 40.0 Å². The van der Waals surface area contributed by atoms with Gasteiger partial charge in [0.1, 0.15) is 0 Å². The van der Waals surface area contributed by atoms with Gasteiger partial charge in [0.05, 0.1) is 0 Å². The summed E-state index contributed by atoms with van der Waals surface area (Å²) in [5.41, 5.74) is 0.457. The number of allylic oxidation sites excluding steroid dienone is 1. The fourth-order valence-electron chi connectivity index (χ4n) is 0.876. The van der Waals surface area contributed by atoms with Gasteiger partial charge in [-0.2, -0.15) is 0 Å². The van der Waals surface area contributed by atoms with E-state index in [0.29, 0.717) is 11.5 Å². The fourth-order valence-corrected chi connectivity index (χ4v) is 0.876. The van der Waals surface area contributed by atoms with Gasteiger partial charge in [-0.05, 0) is 25.7 Å². The molecule has 1 unspecified atom stereocenters. The van der Waals surface area contributed by atoms with Gasteiger partial charge in [-0.3, -0.25) is 0 Å². The molecule has 0 saturated carbocycles. The average molecular weight is 170 g/mol. The maximum atomic E-state index is 10.4. The van der Waals surface area contributed by atoms with Crippen molar-refractivity contribution in [1.82, 2.24) is 0 Å². The third-order valence-corrected chi connectivity index (χ3v) is 2.14. The molecule has 0 heterocycles. The monoisotopic (exact) mass is 170 g/mol. The molecule has 0 spiro atoms. The average Bonchev–Trinajstić information content (AvgIpc) is 2.03. The second kappa shape index (κ2) is 5.81. The molecule has 0 amide bonds. The molecule has 12 heavy (non-hydrogen) atoms. The molecule has 0 aliphatic heterocycles. The Bertz CT molecular complexity index is 171. The summed E-state index contributed by atoms with van der Waals surface area (Å²) in [6, 6.07) is 0. The van der Waals surface area contributed by atoms with Crippen LogP contribution in [0.5, 0.6) is 0 Å². The van der Waals surface area contributed by atoms with E-state index in [4.69, 9.17) is 5.11 Å². The second-order valence-corrected chi connectivity index (χ2v) is 3.28. The van der Waals surface area contributed by atoms with Gasteiger partial charge in [-0.1, -0.05) is 26.3 Å². The Hall–Kier alpha value is -0.790. The predicted molar refractivity (Wildman–Crippen MR) is 50.1 cm³/mol. The van der Waals surface area contributed by atoms with Crippen molar-refractivity contribution in [3.63, 3.8) is 0 Å². The third-order valence-electron chi connectivity index (χ3n) is 2.14. The Labute approximate surface area is 74.3 Å². The highest BCUT2D eigenvalue weighted by Crippen LogP contribution is 2.10. The van der Waals surface area contributed by atoms with Crippen LogP contribution >= 0.6 is 0 Å². The highest BCUT2D eigenvalue weighted by molar-refractivity contribution is 5.85. The molecule has 0 rings (SSSR count). The molecular weight excluding hydrogens is 152 g/mol. The molecule has 0 bridgehead atoms. The first-order chi connectivity index (χ1) is 5.57. The minimum atomic E-state index is -0.806. The van der Waals surface area contributed by atoms with Gasteiger partial charge >= 0.3 is 5.97 Å². The zero-order chi connectivity index (χ0) is 9.56. The number of aliphatic carboxylic acids is 1. The molecule has 0 aliphatic carbocycles. The number of rotatable bonds is 5. The Morgan fingerprint density at radius 2 is 2.17 bits per heavy atom. The van der Waals surface area contributed by atoms with E-state index < -0.39 is 5.97 Å². The summed E-state index contributed by atoms with van der Waals surface area (Å²) in [5.74, 6) is -0.109. The van der Waals surface area contributed by atoms with Crippen LogP contribution in [-0.4, -0.2) is 11.1 Å². The lowest BCUT2D eigenvalue weighted by Gasteiger charge is -2.04. The summed E-state index contributed by atoms with van der Waals surface area (Å²) in [6.07, 6.45) is 4.93. The Morgan fingerprint density at radius 1 is 1.58 bits per heavy atom. The van der Waals surface area contributed by atoms with Crippen molar-refractivity contribution in [2.75, 3.05) is 0 Å². The standard InChI is InChI=1S/C10H18O2/c1-4-8(2)6-5-7-9(3)10(11)12/h7-8H,4-6H2,1-3H3,(H,11,12). The van der Waals surface area contributed by atoms with Crippen LogP contribution < -0.4 is 0 Å². The summed E-state index contributed by atoms with van der Waals surface area (Å²) in [4.78, 5) is 10.4. The summed E-state index contributed by atoms with van der Waals surface area (Å²) in [7, 11) is 0. The summed E-state index contributed by atoms with van der Waals surface area (Å²) in [5, 5.41) is 8.54. The third kappa shape index (κ3) is 4.94. The van der Waals surface area contributed by atoms with Gasteiger partial charge in [-0.25, -0.2) is 4.79 Å². The van der Waals surface area contributed by atoms with Gasteiger partial charge in [0.15, 0.2) is 0 Å². The molecular formula is C10H18O2.